The molecule has 0 aromatic heterocycles. The van der Waals surface area contributed by atoms with Gasteiger partial charge in [-0.25, -0.2) is 0 Å². The molecule has 6 nitrogen and oxygen atoms in total. The van der Waals surface area contributed by atoms with E-state index in [2.05, 4.69) is 232 Å². The number of rotatable bonds is 21. The number of hydrogen-bond acceptors (Lipinski definition) is 6. The zero-order chi connectivity index (χ0) is 60.4. The number of anilines is 10. The molecule has 11 rings (SSSR count). The van der Waals surface area contributed by atoms with Crippen LogP contribution in [0, 0.1) is 22.7 Å². The van der Waals surface area contributed by atoms with Crippen LogP contribution in [0.5, 0.6) is 0 Å². The average molecular weight is 1140 g/mol. The van der Waals surface area contributed by atoms with Crippen molar-refractivity contribution in [2.45, 2.75) is 26.2 Å². The summed E-state index contributed by atoms with van der Waals surface area (Å²) in [6.07, 6.45) is 16.7. The highest BCUT2D eigenvalue weighted by molar-refractivity contribution is 6.14. The molecule has 0 atom stereocenters. The summed E-state index contributed by atoms with van der Waals surface area (Å²) in [5.74, 6) is 0. The van der Waals surface area contributed by atoms with E-state index in [4.69, 9.17) is 6.58 Å². The van der Waals surface area contributed by atoms with Crippen LogP contribution in [-0.2, 0) is 6.42 Å². The van der Waals surface area contributed by atoms with E-state index in [1.807, 2.05) is 128 Å². The van der Waals surface area contributed by atoms with E-state index in [-0.39, 0.29) is 6.42 Å². The van der Waals surface area contributed by atoms with Crippen molar-refractivity contribution in [2.24, 2.45) is 0 Å². The molecule has 0 bridgehead atoms. The van der Waals surface area contributed by atoms with E-state index in [0.29, 0.717) is 27.9 Å². The zero-order valence-electron chi connectivity index (χ0n) is 49.3. The van der Waals surface area contributed by atoms with Crippen LogP contribution in [0.4, 0.5) is 56.9 Å². The van der Waals surface area contributed by atoms with Crippen LogP contribution in [0.25, 0.3) is 16.7 Å². The summed E-state index contributed by atoms with van der Waals surface area (Å²) in [4.78, 5) is 8.89. The van der Waals surface area contributed by atoms with Crippen LogP contribution < -0.4 is 19.6 Å². The third kappa shape index (κ3) is 13.1. The van der Waals surface area contributed by atoms with Gasteiger partial charge in [0.2, 0.25) is 0 Å². The molecular formula is C82H66N6. The predicted octanol–water partition coefficient (Wildman–Crippen LogP) is 22.0. The minimum atomic E-state index is 0.255. The minimum absolute atomic E-state index is 0.255. The molecule has 0 spiro atoms. The first-order chi connectivity index (χ1) is 43.4. The van der Waals surface area contributed by atoms with Gasteiger partial charge in [0.25, 0.3) is 0 Å². The standard InChI is InChI=1S/C82H66N6/c1-4-27-68(28-5-2)85(69-29-13-6-14-30-69)78-55-47-65(48-56-78)81(67(60-83)59-63-43-51-76(52-44-63)86(70-31-15-7-16-32-70)71-33-17-8-18-34-71)82(66-49-57-79(58-50-66)88(74-39-23-11-24-40-74)75-41-25-12-26-42-75)80(61-84)62(3)64-45-53-77(54-46-64)87(72-35-19-9-20-36-72)73-37-21-10-22-38-73/h4-9,11-21,23-58H,1,3,10,22,59H2,2H3/b28-5-,68-27+,81-67+,82-80-. The van der Waals surface area contributed by atoms with Crippen molar-refractivity contribution >= 4 is 73.6 Å². The molecule has 424 valence electrons. The van der Waals surface area contributed by atoms with Gasteiger partial charge in [-0.3, -0.25) is 0 Å². The lowest BCUT2D eigenvalue weighted by Crippen LogP contribution is -2.16. The summed E-state index contributed by atoms with van der Waals surface area (Å²) in [6.45, 7) is 10.8. The summed E-state index contributed by atoms with van der Waals surface area (Å²) in [6, 6.07) is 101. The summed E-state index contributed by atoms with van der Waals surface area (Å²) >= 11 is 0. The minimum Gasteiger partial charge on any atom is -0.311 e. The Morgan fingerprint density at radius 2 is 0.807 bits per heavy atom. The first kappa shape index (κ1) is 58.1. The zero-order valence-corrected chi connectivity index (χ0v) is 49.3. The number of benzene rings is 10. The number of para-hydroxylation sites is 6. The lowest BCUT2D eigenvalue weighted by molar-refractivity contribution is 0.997. The smallest absolute Gasteiger partial charge is 0.100 e. The van der Waals surface area contributed by atoms with Gasteiger partial charge in [-0.1, -0.05) is 195 Å². The molecule has 10 aromatic rings. The molecule has 10 aromatic carbocycles. The summed E-state index contributed by atoms with van der Waals surface area (Å²) in [5, 5.41) is 23.9. The average Bonchev–Trinajstić information content (AvgIpc) is 1.82. The Labute approximate surface area is 518 Å². The number of nitrogens with zero attached hydrogens (tertiary/aromatic N) is 6. The third-order valence-corrected chi connectivity index (χ3v) is 15.4. The largest absolute Gasteiger partial charge is 0.311 e. The number of nitriles is 2. The molecule has 0 saturated heterocycles. The van der Waals surface area contributed by atoms with Crippen LogP contribution in [0.3, 0.4) is 0 Å². The first-order valence-corrected chi connectivity index (χ1v) is 29.6. The Morgan fingerprint density at radius 1 is 0.432 bits per heavy atom. The van der Waals surface area contributed by atoms with Crippen molar-refractivity contribution in [3.8, 4) is 12.1 Å². The van der Waals surface area contributed by atoms with Crippen LogP contribution in [-0.4, -0.2) is 0 Å². The van der Waals surface area contributed by atoms with Crippen molar-refractivity contribution in [2.75, 3.05) is 19.6 Å². The summed E-state index contributed by atoms with van der Waals surface area (Å²) < 4.78 is 0. The van der Waals surface area contributed by atoms with E-state index in [9.17, 15) is 10.5 Å². The highest BCUT2D eigenvalue weighted by Crippen LogP contribution is 2.45. The molecule has 0 aliphatic heterocycles. The van der Waals surface area contributed by atoms with Gasteiger partial charge in [0, 0.05) is 91.4 Å². The topological polar surface area (TPSA) is 60.5 Å². The van der Waals surface area contributed by atoms with Gasteiger partial charge >= 0.3 is 0 Å². The summed E-state index contributed by atoms with van der Waals surface area (Å²) in [7, 11) is 0. The van der Waals surface area contributed by atoms with Gasteiger partial charge in [-0.05, 0) is 187 Å². The highest BCUT2D eigenvalue weighted by atomic mass is 15.2. The Hall–Kier alpha value is -11.7. The third-order valence-electron chi connectivity index (χ3n) is 15.4. The molecule has 0 heterocycles. The Kier molecular flexibility index (Phi) is 18.6. The molecule has 0 amide bonds. The number of allylic oxidation sites excluding steroid dienone is 12. The molecule has 0 N–H and O–H groups in total. The first-order valence-electron chi connectivity index (χ1n) is 29.6. The van der Waals surface area contributed by atoms with Crippen LogP contribution in [0.1, 0.15) is 42.0 Å². The molecule has 1 aliphatic rings. The Morgan fingerprint density at radius 3 is 1.22 bits per heavy atom. The maximum Gasteiger partial charge on any atom is 0.100 e. The quantitative estimate of drug-likeness (QED) is 0.0528. The van der Waals surface area contributed by atoms with Crippen LogP contribution in [0.15, 0.2) is 357 Å². The normalized spacial score (nSPS) is 12.6. The van der Waals surface area contributed by atoms with Gasteiger partial charge in [0.05, 0.1) is 11.6 Å². The van der Waals surface area contributed by atoms with E-state index >= 15 is 0 Å². The monoisotopic (exact) mass is 1130 g/mol. The molecule has 1 aliphatic carbocycles. The van der Waals surface area contributed by atoms with Gasteiger partial charge < -0.3 is 19.6 Å². The molecule has 88 heavy (non-hydrogen) atoms. The maximum absolute atomic E-state index is 12.0. The fourth-order valence-electron chi connectivity index (χ4n) is 11.3. The fourth-order valence-corrected chi connectivity index (χ4v) is 11.3. The van der Waals surface area contributed by atoms with Gasteiger partial charge in [0.1, 0.15) is 6.07 Å². The van der Waals surface area contributed by atoms with Crippen molar-refractivity contribution in [1.29, 1.82) is 10.5 Å². The molecule has 0 unspecified atom stereocenters. The Balaban J connectivity index is 1.11. The van der Waals surface area contributed by atoms with E-state index in [1.165, 1.54) is 0 Å². The van der Waals surface area contributed by atoms with E-state index < -0.39 is 0 Å². The Bertz CT molecular complexity index is 4210. The SMILES string of the molecule is C=C/C=C(\C=C/C)N(c1ccccc1)c1ccc(C(=C(\C#N)Cc2ccc(N(c3ccccc3)c3ccccc3)cc2)/C(=C(/C#N)C(=C)c2ccc(N(C3=CCCC=C3)c3ccccc3)cc2)c2ccc(N(c3ccccc3)c3ccccc3)cc2)cc1. The van der Waals surface area contributed by atoms with Gasteiger partial charge in [-0.2, -0.15) is 10.5 Å². The summed E-state index contributed by atoms with van der Waals surface area (Å²) in [5.41, 5.74) is 17.5. The lowest BCUT2D eigenvalue weighted by Gasteiger charge is -2.28. The molecular weight excluding hydrogens is 1070 g/mol. The maximum atomic E-state index is 12.0. The van der Waals surface area contributed by atoms with Gasteiger partial charge in [0.15, 0.2) is 0 Å². The van der Waals surface area contributed by atoms with E-state index in [0.717, 1.165) is 103 Å². The number of hydrogen-bond donors (Lipinski definition) is 0. The second-order valence-electron chi connectivity index (χ2n) is 21.1. The molecule has 0 radical (unpaired) electrons. The highest BCUT2D eigenvalue weighted by Gasteiger charge is 2.26. The molecule has 0 saturated carbocycles. The van der Waals surface area contributed by atoms with Crippen molar-refractivity contribution in [3.63, 3.8) is 0 Å². The van der Waals surface area contributed by atoms with Crippen LogP contribution in [0.2, 0.25) is 0 Å². The van der Waals surface area contributed by atoms with Crippen molar-refractivity contribution < 1.29 is 0 Å². The van der Waals surface area contributed by atoms with Crippen molar-refractivity contribution in [3.05, 3.63) is 380 Å². The second kappa shape index (κ2) is 28.3. The van der Waals surface area contributed by atoms with Crippen LogP contribution >= 0.6 is 0 Å². The molecule has 6 heteroatoms. The van der Waals surface area contributed by atoms with E-state index in [1.54, 1.807) is 6.08 Å². The fraction of sp³-hybridized carbons (Fsp3) is 0.0488. The van der Waals surface area contributed by atoms with Gasteiger partial charge in [-0.15, -0.1) is 0 Å². The lowest BCUT2D eigenvalue weighted by atomic mass is 9.81. The van der Waals surface area contributed by atoms with Crippen molar-refractivity contribution in [1.82, 2.24) is 0 Å². The predicted molar refractivity (Wildman–Crippen MR) is 370 cm³/mol. The second-order valence-corrected chi connectivity index (χ2v) is 21.1. The molecule has 0 fully saturated rings.